The molecule has 1 aliphatic rings. The van der Waals surface area contributed by atoms with Crippen LogP contribution in [0.3, 0.4) is 0 Å². The van der Waals surface area contributed by atoms with Crippen molar-refractivity contribution in [2.24, 2.45) is 0 Å². The van der Waals surface area contributed by atoms with E-state index in [9.17, 15) is 4.79 Å². The number of aromatic nitrogens is 2. The van der Waals surface area contributed by atoms with E-state index < -0.39 is 0 Å². The van der Waals surface area contributed by atoms with Gasteiger partial charge >= 0.3 is 0 Å². The Hall–Kier alpha value is -0.490. The van der Waals surface area contributed by atoms with E-state index in [1.54, 1.807) is 0 Å². The van der Waals surface area contributed by atoms with Crippen LogP contribution >= 0.6 is 27.5 Å². The molecule has 2 rings (SSSR count). The molecule has 88 valence electrons. The second kappa shape index (κ2) is 5.23. The molecule has 2 unspecified atom stereocenters. The summed E-state index contributed by atoms with van der Waals surface area (Å²) in [7, 11) is 0. The summed E-state index contributed by atoms with van der Waals surface area (Å²) in [5.41, 5.74) is 0.798. The third kappa shape index (κ3) is 2.43. The molecule has 1 heterocycles. The fraction of sp³-hybridized carbons (Fsp3) is 0.700. The van der Waals surface area contributed by atoms with Crippen LogP contribution in [0.15, 0.2) is 0 Å². The minimum atomic E-state index is -0.0248. The second-order valence-electron chi connectivity index (χ2n) is 3.93. The van der Waals surface area contributed by atoms with Gasteiger partial charge in [-0.1, -0.05) is 33.8 Å². The fourth-order valence-electron chi connectivity index (χ4n) is 1.92. The normalized spacial score (nSPS) is 24.6. The highest BCUT2D eigenvalue weighted by molar-refractivity contribution is 9.09. The first kappa shape index (κ1) is 12.0. The molecule has 1 aromatic heterocycles. The number of halogens is 1. The Bertz CT molecular complexity index is 382. The van der Waals surface area contributed by atoms with Gasteiger partial charge in [0.2, 0.25) is 0 Å². The highest BCUT2D eigenvalue weighted by atomic mass is 79.9. The zero-order valence-electron chi connectivity index (χ0n) is 9.07. The van der Waals surface area contributed by atoms with E-state index >= 15 is 0 Å². The summed E-state index contributed by atoms with van der Waals surface area (Å²) >= 11 is 4.77. The van der Waals surface area contributed by atoms with Crippen LogP contribution in [0.1, 0.15) is 41.6 Å². The molecule has 2 atom stereocenters. The molecule has 1 aliphatic carbocycles. The van der Waals surface area contributed by atoms with Crippen molar-refractivity contribution in [2.45, 2.75) is 43.5 Å². The lowest BCUT2D eigenvalue weighted by molar-refractivity contribution is 0.0942. The first-order valence-corrected chi connectivity index (χ1v) is 7.17. The average molecular weight is 304 g/mol. The molecular weight excluding hydrogens is 290 g/mol. The number of carbonyl (C=O) groups is 1. The van der Waals surface area contributed by atoms with Gasteiger partial charge in [-0.15, -0.1) is 5.10 Å². The molecule has 6 heteroatoms. The van der Waals surface area contributed by atoms with E-state index in [0.717, 1.165) is 25.0 Å². The molecule has 16 heavy (non-hydrogen) atoms. The van der Waals surface area contributed by atoms with Crippen molar-refractivity contribution in [3.8, 4) is 0 Å². The molecule has 0 bridgehead atoms. The zero-order chi connectivity index (χ0) is 11.5. The molecule has 4 nitrogen and oxygen atoms in total. The SMILES string of the molecule is CCc1nnsc1C(=O)NC1CCCC1Br. The number of carbonyl (C=O) groups excluding carboxylic acids is 1. The van der Waals surface area contributed by atoms with Crippen LogP contribution in [0.25, 0.3) is 0 Å². The summed E-state index contributed by atoms with van der Waals surface area (Å²) in [6.07, 6.45) is 4.10. The Morgan fingerprint density at radius 2 is 2.44 bits per heavy atom. The Kier molecular flexibility index (Phi) is 3.91. The van der Waals surface area contributed by atoms with Crippen molar-refractivity contribution < 1.29 is 4.79 Å². The highest BCUT2D eigenvalue weighted by Gasteiger charge is 2.27. The Labute approximate surface area is 107 Å². The van der Waals surface area contributed by atoms with Gasteiger partial charge in [-0.3, -0.25) is 4.79 Å². The smallest absolute Gasteiger partial charge is 0.265 e. The lowest BCUT2D eigenvalue weighted by Crippen LogP contribution is -2.37. The summed E-state index contributed by atoms with van der Waals surface area (Å²) in [6, 6.07) is 0.249. The minimum Gasteiger partial charge on any atom is -0.347 e. The van der Waals surface area contributed by atoms with Crippen molar-refractivity contribution in [2.75, 3.05) is 0 Å². The van der Waals surface area contributed by atoms with E-state index in [1.807, 2.05) is 6.92 Å². The number of nitrogens with zero attached hydrogens (tertiary/aromatic N) is 2. The highest BCUT2D eigenvalue weighted by Crippen LogP contribution is 2.26. The summed E-state index contributed by atoms with van der Waals surface area (Å²) < 4.78 is 3.83. The average Bonchev–Trinajstić information content (AvgIpc) is 2.87. The summed E-state index contributed by atoms with van der Waals surface area (Å²) in [5.74, 6) is -0.0248. The fourth-order valence-corrected chi connectivity index (χ4v) is 3.30. The molecule has 1 N–H and O–H groups in total. The predicted molar refractivity (Wildman–Crippen MR) is 67.1 cm³/mol. The van der Waals surface area contributed by atoms with Crippen molar-refractivity contribution in [3.05, 3.63) is 10.6 Å². The molecule has 0 spiro atoms. The third-order valence-corrected chi connectivity index (χ3v) is 4.71. The molecular formula is C10H14BrN3OS. The van der Waals surface area contributed by atoms with Crippen LogP contribution in [-0.2, 0) is 6.42 Å². The molecule has 1 amide bonds. The molecule has 0 aliphatic heterocycles. The largest absolute Gasteiger partial charge is 0.347 e. The number of hydrogen-bond donors (Lipinski definition) is 1. The lowest BCUT2D eigenvalue weighted by Gasteiger charge is -2.15. The van der Waals surface area contributed by atoms with Crippen molar-refractivity contribution in [1.29, 1.82) is 0 Å². The van der Waals surface area contributed by atoms with Gasteiger partial charge in [0.1, 0.15) is 4.88 Å². The number of rotatable bonds is 3. The van der Waals surface area contributed by atoms with Gasteiger partial charge in [0.05, 0.1) is 5.69 Å². The standard InChI is InChI=1S/C10H14BrN3OS/c1-2-7-9(16-14-13-7)10(15)12-8-5-3-4-6(8)11/h6,8H,2-5H2,1H3,(H,12,15). The predicted octanol–water partition coefficient (Wildman–Crippen LogP) is 2.15. The van der Waals surface area contributed by atoms with Gasteiger partial charge in [0.15, 0.2) is 0 Å². The van der Waals surface area contributed by atoms with Crippen LogP contribution in [0.5, 0.6) is 0 Å². The van der Waals surface area contributed by atoms with E-state index in [0.29, 0.717) is 9.70 Å². The lowest BCUT2D eigenvalue weighted by atomic mass is 10.2. The van der Waals surface area contributed by atoms with Crippen LogP contribution in [0, 0.1) is 0 Å². The summed E-state index contributed by atoms with van der Waals surface area (Å²) in [4.78, 5) is 13.1. The Balaban J connectivity index is 2.02. The molecule has 0 radical (unpaired) electrons. The maximum Gasteiger partial charge on any atom is 0.265 e. The summed E-state index contributed by atoms with van der Waals surface area (Å²) in [5, 5.41) is 7.00. The Morgan fingerprint density at radius 1 is 1.62 bits per heavy atom. The molecule has 1 aromatic rings. The van der Waals surface area contributed by atoms with Crippen molar-refractivity contribution >= 4 is 33.4 Å². The topological polar surface area (TPSA) is 54.9 Å². The van der Waals surface area contributed by atoms with Crippen molar-refractivity contribution in [3.63, 3.8) is 0 Å². The van der Waals surface area contributed by atoms with Gasteiger partial charge in [0, 0.05) is 10.9 Å². The number of hydrogen-bond acceptors (Lipinski definition) is 4. The van der Waals surface area contributed by atoms with Gasteiger partial charge < -0.3 is 5.32 Å². The summed E-state index contributed by atoms with van der Waals surface area (Å²) in [6.45, 7) is 1.98. The maximum atomic E-state index is 12.0. The number of aryl methyl sites for hydroxylation is 1. The van der Waals surface area contributed by atoms with Gasteiger partial charge in [-0.25, -0.2) is 0 Å². The first-order valence-electron chi connectivity index (χ1n) is 5.48. The number of alkyl halides is 1. The monoisotopic (exact) mass is 303 g/mol. The Morgan fingerprint density at radius 3 is 3.06 bits per heavy atom. The zero-order valence-corrected chi connectivity index (χ0v) is 11.5. The molecule has 1 fully saturated rings. The van der Waals surface area contributed by atoms with Crippen molar-refractivity contribution in [1.82, 2.24) is 14.9 Å². The second-order valence-corrected chi connectivity index (χ2v) is 5.86. The third-order valence-electron chi connectivity index (χ3n) is 2.84. The molecule has 1 saturated carbocycles. The van der Waals surface area contributed by atoms with E-state index in [4.69, 9.17) is 0 Å². The van der Waals surface area contributed by atoms with Gasteiger partial charge in [-0.2, -0.15) is 0 Å². The van der Waals surface area contributed by atoms with E-state index in [-0.39, 0.29) is 11.9 Å². The molecule has 0 saturated heterocycles. The van der Waals surface area contributed by atoms with Gasteiger partial charge in [-0.05, 0) is 30.8 Å². The number of amides is 1. The van der Waals surface area contributed by atoms with Crippen LogP contribution < -0.4 is 5.32 Å². The van der Waals surface area contributed by atoms with Crippen LogP contribution in [0.2, 0.25) is 0 Å². The van der Waals surface area contributed by atoms with E-state index in [1.165, 1.54) is 18.0 Å². The van der Waals surface area contributed by atoms with Crippen LogP contribution in [0.4, 0.5) is 0 Å². The molecule has 0 aromatic carbocycles. The van der Waals surface area contributed by atoms with Crippen LogP contribution in [-0.4, -0.2) is 26.4 Å². The van der Waals surface area contributed by atoms with Gasteiger partial charge in [0.25, 0.3) is 5.91 Å². The van der Waals surface area contributed by atoms with E-state index in [2.05, 4.69) is 30.8 Å². The minimum absolute atomic E-state index is 0.0248. The quantitative estimate of drug-likeness (QED) is 0.871. The number of nitrogens with one attached hydrogen (secondary N) is 1. The maximum absolute atomic E-state index is 12.0. The first-order chi connectivity index (χ1) is 7.72.